The molecule has 0 radical (unpaired) electrons. The van der Waals surface area contributed by atoms with Crippen LogP contribution in [0.15, 0.2) is 54.6 Å². The lowest BCUT2D eigenvalue weighted by Crippen LogP contribution is -2.51. The van der Waals surface area contributed by atoms with Crippen LogP contribution in [0.5, 0.6) is 0 Å². The standard InChI is InChI=1S/C21H27N3O3/c1-21(2,3)27-20(26)23-17-14-24(13-15-9-5-4-6-10-15)18-12-8-7-11-16(18)22-19(17)25/h4-12,16-18H,13-14H2,1-3H3,(H,22,25)(H,23,26)/t16?,17-,18?/m0/s1. The van der Waals surface area contributed by atoms with Crippen LogP contribution < -0.4 is 10.6 Å². The number of ether oxygens (including phenoxy) is 1. The molecule has 2 amide bonds. The Balaban J connectivity index is 1.79. The molecular formula is C21H27N3O3. The number of fused-ring (bicyclic) bond motifs is 1. The van der Waals surface area contributed by atoms with Crippen molar-refractivity contribution in [3.05, 3.63) is 60.2 Å². The quantitative estimate of drug-likeness (QED) is 0.858. The highest BCUT2D eigenvalue weighted by atomic mass is 16.6. The number of allylic oxidation sites excluding steroid dienone is 2. The van der Waals surface area contributed by atoms with E-state index >= 15 is 0 Å². The first kappa shape index (κ1) is 19.2. The fourth-order valence-electron chi connectivity index (χ4n) is 3.33. The van der Waals surface area contributed by atoms with Crippen molar-refractivity contribution in [2.75, 3.05) is 6.54 Å². The average molecular weight is 369 g/mol. The van der Waals surface area contributed by atoms with E-state index < -0.39 is 17.7 Å². The van der Waals surface area contributed by atoms with Crippen LogP contribution in [0.25, 0.3) is 0 Å². The van der Waals surface area contributed by atoms with Crippen molar-refractivity contribution in [2.45, 2.75) is 51.0 Å². The molecule has 0 spiro atoms. The maximum atomic E-state index is 12.7. The van der Waals surface area contributed by atoms with Crippen LogP contribution in [-0.4, -0.2) is 47.2 Å². The molecule has 1 heterocycles. The molecule has 3 atom stereocenters. The molecular weight excluding hydrogens is 342 g/mol. The number of nitrogens with one attached hydrogen (secondary N) is 2. The molecule has 2 N–H and O–H groups in total. The second kappa shape index (κ2) is 7.96. The van der Waals surface area contributed by atoms with Crippen molar-refractivity contribution >= 4 is 12.0 Å². The van der Waals surface area contributed by atoms with Crippen molar-refractivity contribution < 1.29 is 14.3 Å². The van der Waals surface area contributed by atoms with Gasteiger partial charge in [0.25, 0.3) is 0 Å². The summed E-state index contributed by atoms with van der Waals surface area (Å²) in [6.45, 7) is 6.48. The fraction of sp³-hybridized carbons (Fsp3) is 0.429. The Labute approximate surface area is 160 Å². The van der Waals surface area contributed by atoms with E-state index in [1.54, 1.807) is 20.8 Å². The molecule has 144 valence electrons. The van der Waals surface area contributed by atoms with Crippen molar-refractivity contribution in [3.63, 3.8) is 0 Å². The molecule has 2 unspecified atom stereocenters. The van der Waals surface area contributed by atoms with Gasteiger partial charge in [-0.2, -0.15) is 0 Å². The van der Waals surface area contributed by atoms with Crippen LogP contribution >= 0.6 is 0 Å². The van der Waals surface area contributed by atoms with Gasteiger partial charge in [-0.3, -0.25) is 9.69 Å². The molecule has 1 aromatic rings. The fourth-order valence-corrected chi connectivity index (χ4v) is 3.33. The Morgan fingerprint density at radius 3 is 2.63 bits per heavy atom. The lowest BCUT2D eigenvalue weighted by Gasteiger charge is -2.33. The van der Waals surface area contributed by atoms with Gasteiger partial charge in [-0.05, 0) is 26.3 Å². The SMILES string of the molecule is CC(C)(C)OC(=O)N[C@H]1CN(Cc2ccccc2)C2C=CC=CC2NC1=O. The largest absolute Gasteiger partial charge is 0.444 e. The zero-order valence-corrected chi connectivity index (χ0v) is 16.0. The smallest absolute Gasteiger partial charge is 0.408 e. The zero-order valence-electron chi connectivity index (χ0n) is 16.0. The average Bonchev–Trinajstić information content (AvgIpc) is 2.72. The molecule has 1 fully saturated rings. The van der Waals surface area contributed by atoms with Crippen LogP contribution in [0.3, 0.4) is 0 Å². The molecule has 3 rings (SSSR count). The maximum absolute atomic E-state index is 12.7. The Morgan fingerprint density at radius 2 is 1.93 bits per heavy atom. The van der Waals surface area contributed by atoms with Crippen molar-refractivity contribution in [1.82, 2.24) is 15.5 Å². The molecule has 27 heavy (non-hydrogen) atoms. The van der Waals surface area contributed by atoms with Gasteiger partial charge in [0.05, 0.1) is 12.1 Å². The molecule has 0 aromatic heterocycles. The summed E-state index contributed by atoms with van der Waals surface area (Å²) < 4.78 is 5.33. The molecule has 1 aromatic carbocycles. The van der Waals surface area contributed by atoms with Gasteiger partial charge in [-0.25, -0.2) is 4.79 Å². The van der Waals surface area contributed by atoms with E-state index in [2.05, 4.69) is 33.7 Å². The van der Waals surface area contributed by atoms with Gasteiger partial charge in [0, 0.05) is 13.1 Å². The highest BCUT2D eigenvalue weighted by Crippen LogP contribution is 2.20. The van der Waals surface area contributed by atoms with E-state index in [0.717, 1.165) is 5.56 Å². The predicted octanol–water partition coefficient (Wildman–Crippen LogP) is 2.37. The molecule has 1 aliphatic heterocycles. The van der Waals surface area contributed by atoms with E-state index in [1.807, 2.05) is 36.4 Å². The summed E-state index contributed by atoms with van der Waals surface area (Å²) in [5.74, 6) is -0.202. The molecule has 1 saturated heterocycles. The minimum absolute atomic E-state index is 0.0320. The van der Waals surface area contributed by atoms with E-state index in [1.165, 1.54) is 0 Å². The molecule has 2 aliphatic rings. The monoisotopic (exact) mass is 369 g/mol. The van der Waals surface area contributed by atoms with Crippen LogP contribution in [0.4, 0.5) is 4.79 Å². The maximum Gasteiger partial charge on any atom is 0.408 e. The van der Waals surface area contributed by atoms with E-state index in [9.17, 15) is 9.59 Å². The Kier molecular flexibility index (Phi) is 5.65. The zero-order chi connectivity index (χ0) is 19.4. The molecule has 6 heteroatoms. The minimum atomic E-state index is -0.684. The lowest BCUT2D eigenvalue weighted by atomic mass is 10.0. The number of carbonyl (C=O) groups is 2. The highest BCUT2D eigenvalue weighted by Gasteiger charge is 2.36. The Morgan fingerprint density at radius 1 is 1.22 bits per heavy atom. The Hall–Kier alpha value is -2.60. The van der Waals surface area contributed by atoms with Gasteiger partial charge in [0.1, 0.15) is 11.6 Å². The van der Waals surface area contributed by atoms with E-state index in [4.69, 9.17) is 4.74 Å². The number of amides is 2. The van der Waals surface area contributed by atoms with Crippen molar-refractivity contribution in [2.24, 2.45) is 0 Å². The summed E-state index contributed by atoms with van der Waals surface area (Å²) in [7, 11) is 0. The molecule has 0 bridgehead atoms. The summed E-state index contributed by atoms with van der Waals surface area (Å²) in [5.41, 5.74) is 0.540. The third-order valence-corrected chi connectivity index (χ3v) is 4.49. The van der Waals surface area contributed by atoms with Crippen LogP contribution in [0.1, 0.15) is 26.3 Å². The summed E-state index contributed by atoms with van der Waals surface area (Å²) >= 11 is 0. The number of benzene rings is 1. The first-order chi connectivity index (χ1) is 12.8. The van der Waals surface area contributed by atoms with E-state index in [-0.39, 0.29) is 18.0 Å². The van der Waals surface area contributed by atoms with Crippen LogP contribution in [0, 0.1) is 0 Å². The molecule has 1 aliphatic carbocycles. The van der Waals surface area contributed by atoms with Crippen LogP contribution in [0.2, 0.25) is 0 Å². The summed E-state index contributed by atoms with van der Waals surface area (Å²) in [4.78, 5) is 27.1. The first-order valence-corrected chi connectivity index (χ1v) is 9.25. The number of nitrogens with zero attached hydrogens (tertiary/aromatic N) is 1. The number of rotatable bonds is 3. The number of hydrogen-bond donors (Lipinski definition) is 2. The van der Waals surface area contributed by atoms with Gasteiger partial charge in [0.2, 0.25) is 5.91 Å². The van der Waals surface area contributed by atoms with E-state index in [0.29, 0.717) is 13.1 Å². The third kappa shape index (κ3) is 5.20. The highest BCUT2D eigenvalue weighted by molar-refractivity contribution is 5.86. The van der Waals surface area contributed by atoms with Gasteiger partial charge in [-0.1, -0.05) is 54.6 Å². The van der Waals surface area contributed by atoms with Gasteiger partial charge >= 0.3 is 6.09 Å². The predicted molar refractivity (Wildman–Crippen MR) is 104 cm³/mol. The normalized spacial score (nSPS) is 25.3. The number of hydrogen-bond acceptors (Lipinski definition) is 4. The van der Waals surface area contributed by atoms with Gasteiger partial charge in [-0.15, -0.1) is 0 Å². The second-order valence-electron chi connectivity index (χ2n) is 7.91. The van der Waals surface area contributed by atoms with Gasteiger partial charge < -0.3 is 15.4 Å². The van der Waals surface area contributed by atoms with Crippen LogP contribution in [-0.2, 0) is 16.1 Å². The third-order valence-electron chi connectivity index (χ3n) is 4.49. The second-order valence-corrected chi connectivity index (χ2v) is 7.91. The summed E-state index contributed by atoms with van der Waals surface area (Å²) in [5, 5.41) is 5.75. The summed E-state index contributed by atoms with van der Waals surface area (Å²) in [6.07, 6.45) is 7.41. The van der Waals surface area contributed by atoms with Crippen molar-refractivity contribution in [3.8, 4) is 0 Å². The molecule has 6 nitrogen and oxygen atoms in total. The van der Waals surface area contributed by atoms with Gasteiger partial charge in [0.15, 0.2) is 0 Å². The minimum Gasteiger partial charge on any atom is -0.444 e. The molecule has 0 saturated carbocycles. The number of carbonyl (C=O) groups excluding carboxylic acids is 2. The topological polar surface area (TPSA) is 70.7 Å². The van der Waals surface area contributed by atoms with Crippen molar-refractivity contribution in [1.29, 1.82) is 0 Å². The lowest BCUT2D eigenvalue weighted by molar-refractivity contribution is -0.123. The number of alkyl carbamates (subject to hydrolysis) is 1. The Bertz CT molecular complexity index is 737. The summed E-state index contributed by atoms with van der Waals surface area (Å²) in [6, 6.07) is 9.33. The first-order valence-electron chi connectivity index (χ1n) is 9.25.